The number of nitrogens with one attached hydrogen (secondary N) is 1. The van der Waals surface area contributed by atoms with Gasteiger partial charge < -0.3 is 10.1 Å². The van der Waals surface area contributed by atoms with Crippen molar-refractivity contribution in [3.63, 3.8) is 0 Å². The van der Waals surface area contributed by atoms with Crippen molar-refractivity contribution < 1.29 is 9.53 Å². The molecule has 0 radical (unpaired) electrons. The van der Waals surface area contributed by atoms with Crippen LogP contribution in [0.3, 0.4) is 0 Å². The van der Waals surface area contributed by atoms with Gasteiger partial charge in [0.2, 0.25) is 0 Å². The highest BCUT2D eigenvalue weighted by atomic mass is 16.5. The molecule has 10 heteroatoms. The van der Waals surface area contributed by atoms with Gasteiger partial charge in [-0.25, -0.2) is 0 Å². The van der Waals surface area contributed by atoms with Crippen molar-refractivity contribution >= 4 is 22.7 Å². The molecular formula is C27H26N8O2. The van der Waals surface area contributed by atoms with Gasteiger partial charge in [0.25, 0.3) is 5.91 Å². The predicted molar refractivity (Wildman–Crippen MR) is 138 cm³/mol. The second-order valence-corrected chi connectivity index (χ2v) is 9.08. The molecule has 2 aliphatic rings. The van der Waals surface area contributed by atoms with Gasteiger partial charge in [0.05, 0.1) is 35.6 Å². The Morgan fingerprint density at radius 3 is 2.78 bits per heavy atom. The Hall–Kier alpha value is -4.31. The van der Waals surface area contributed by atoms with Crippen LogP contribution in [0.4, 0.5) is 0 Å². The lowest BCUT2D eigenvalue weighted by atomic mass is 9.79. The molecule has 5 heterocycles. The Morgan fingerprint density at radius 2 is 2.00 bits per heavy atom. The second-order valence-electron chi connectivity index (χ2n) is 9.08. The van der Waals surface area contributed by atoms with Gasteiger partial charge in [0, 0.05) is 37.2 Å². The van der Waals surface area contributed by atoms with Crippen LogP contribution in [0.25, 0.3) is 16.7 Å². The van der Waals surface area contributed by atoms with Crippen LogP contribution in [0.2, 0.25) is 0 Å². The number of pyridine rings is 3. The van der Waals surface area contributed by atoms with Crippen LogP contribution in [0.15, 0.2) is 72.3 Å². The fourth-order valence-electron chi connectivity index (χ4n) is 4.81. The number of aliphatic imine (C=N–C) groups is 1. The molecule has 37 heavy (non-hydrogen) atoms. The van der Waals surface area contributed by atoms with Crippen molar-refractivity contribution in [2.75, 3.05) is 13.2 Å². The number of dihydropyridines is 1. The molecule has 1 fully saturated rings. The number of fused-ring (bicyclic) bond motifs is 1. The molecule has 0 bridgehead atoms. The van der Waals surface area contributed by atoms with E-state index in [1.54, 1.807) is 30.9 Å². The zero-order chi connectivity index (χ0) is 25.2. The molecular weight excluding hydrogens is 468 g/mol. The molecule has 1 N–H and O–H groups in total. The van der Waals surface area contributed by atoms with Gasteiger partial charge in [-0.3, -0.25) is 29.3 Å². The van der Waals surface area contributed by atoms with Crippen LogP contribution >= 0.6 is 0 Å². The monoisotopic (exact) mass is 494 g/mol. The maximum Gasteiger partial charge on any atom is 0.253 e. The lowest BCUT2D eigenvalue weighted by Gasteiger charge is -2.35. The maximum atomic E-state index is 13.0. The van der Waals surface area contributed by atoms with Crippen molar-refractivity contribution in [2.24, 2.45) is 4.99 Å². The molecule has 4 aromatic rings. The quantitative estimate of drug-likeness (QED) is 0.419. The maximum absolute atomic E-state index is 13.0. The molecule has 186 valence electrons. The highest BCUT2D eigenvalue weighted by Crippen LogP contribution is 2.37. The van der Waals surface area contributed by atoms with Crippen LogP contribution in [0.1, 0.15) is 47.7 Å². The van der Waals surface area contributed by atoms with E-state index in [1.807, 2.05) is 47.9 Å². The van der Waals surface area contributed by atoms with Crippen LogP contribution in [-0.2, 0) is 4.74 Å². The molecule has 0 aromatic carbocycles. The number of aromatic nitrogens is 6. The van der Waals surface area contributed by atoms with Crippen LogP contribution in [0.5, 0.6) is 0 Å². The number of carbonyl (C=O) groups excluding carboxylic acids is 1. The number of hydrogen-bond donors (Lipinski definition) is 1. The molecule has 1 amide bonds. The van der Waals surface area contributed by atoms with Crippen molar-refractivity contribution in [3.8, 4) is 5.69 Å². The Kier molecular flexibility index (Phi) is 6.23. The first kappa shape index (κ1) is 23.1. The van der Waals surface area contributed by atoms with Gasteiger partial charge in [-0.05, 0) is 56.2 Å². The van der Waals surface area contributed by atoms with Crippen molar-refractivity contribution in [2.45, 2.75) is 37.8 Å². The van der Waals surface area contributed by atoms with Crippen LogP contribution < -0.4 is 5.32 Å². The summed E-state index contributed by atoms with van der Waals surface area (Å²) in [5.74, 6) is 1.52. The molecule has 6 rings (SSSR count). The summed E-state index contributed by atoms with van der Waals surface area (Å²) < 4.78 is 7.69. The first-order valence-corrected chi connectivity index (χ1v) is 12.4. The third kappa shape index (κ3) is 4.51. The van der Waals surface area contributed by atoms with Crippen molar-refractivity contribution in [1.29, 1.82) is 0 Å². The van der Waals surface area contributed by atoms with Gasteiger partial charge in [-0.1, -0.05) is 6.08 Å². The summed E-state index contributed by atoms with van der Waals surface area (Å²) in [6, 6.07) is 9.28. The van der Waals surface area contributed by atoms with Gasteiger partial charge in [-0.2, -0.15) is 0 Å². The molecule has 1 saturated carbocycles. The number of carbonyl (C=O) groups is 1. The first-order valence-electron chi connectivity index (χ1n) is 12.4. The van der Waals surface area contributed by atoms with E-state index >= 15 is 0 Å². The van der Waals surface area contributed by atoms with Gasteiger partial charge in [0.15, 0.2) is 5.82 Å². The number of ether oxygens (including phenoxy) is 1. The molecule has 10 nitrogen and oxygen atoms in total. The van der Waals surface area contributed by atoms with E-state index in [0.717, 1.165) is 30.1 Å². The SMILES string of the molecule is CCOC1C=CC(c2nnc([C@H]3C[C@H](NC(=O)c4ccnc5cccnc45)C3)n2-c2cccnc2)=NC1. The average molecular weight is 495 g/mol. The van der Waals surface area contributed by atoms with Gasteiger partial charge in [0.1, 0.15) is 17.1 Å². The lowest BCUT2D eigenvalue weighted by Crippen LogP contribution is -2.44. The summed E-state index contributed by atoms with van der Waals surface area (Å²) in [6.07, 6.45) is 12.3. The number of rotatable bonds is 7. The summed E-state index contributed by atoms with van der Waals surface area (Å²) in [5.41, 5.74) is 3.47. The minimum Gasteiger partial charge on any atom is -0.372 e. The molecule has 1 aliphatic heterocycles. The largest absolute Gasteiger partial charge is 0.372 e. The Balaban J connectivity index is 1.21. The summed E-state index contributed by atoms with van der Waals surface area (Å²) in [5, 5.41) is 12.2. The predicted octanol–water partition coefficient (Wildman–Crippen LogP) is 3.05. The Labute approximate surface area is 213 Å². The number of allylic oxidation sites excluding steroid dienone is 1. The van der Waals surface area contributed by atoms with Crippen LogP contribution in [-0.4, -0.2) is 66.6 Å². The second kappa shape index (κ2) is 9.98. The third-order valence-electron chi connectivity index (χ3n) is 6.69. The van der Waals surface area contributed by atoms with E-state index < -0.39 is 0 Å². The van der Waals surface area contributed by atoms with E-state index in [1.165, 1.54) is 0 Å². The van der Waals surface area contributed by atoms with E-state index in [-0.39, 0.29) is 24.0 Å². The molecule has 1 unspecified atom stereocenters. The Morgan fingerprint density at radius 1 is 1.11 bits per heavy atom. The third-order valence-corrected chi connectivity index (χ3v) is 6.69. The number of hydrogen-bond acceptors (Lipinski definition) is 8. The summed E-state index contributed by atoms with van der Waals surface area (Å²) >= 11 is 0. The zero-order valence-electron chi connectivity index (χ0n) is 20.4. The molecule has 0 saturated heterocycles. The van der Waals surface area contributed by atoms with Crippen LogP contribution in [0, 0.1) is 0 Å². The standard InChI is InChI=1S/C27H26N8O2/c1-2-37-20-7-8-23(31-16-20)26-34-33-25(35(26)19-5-3-10-28-15-19)17-13-18(14-17)32-27(36)21-9-12-29-22-6-4-11-30-24(21)22/h3-12,15,17-18,20H,2,13-14,16H2,1H3,(H,32,36)/t17-,18-,20?. The fraction of sp³-hybridized carbons (Fsp3) is 0.296. The fourth-order valence-corrected chi connectivity index (χ4v) is 4.81. The molecule has 0 spiro atoms. The Bertz CT molecular complexity index is 1490. The lowest BCUT2D eigenvalue weighted by molar-refractivity contribution is 0.0908. The average Bonchev–Trinajstić information content (AvgIpc) is 3.35. The van der Waals surface area contributed by atoms with Crippen molar-refractivity contribution in [1.82, 2.24) is 35.0 Å². The minimum absolute atomic E-state index is 0.0216. The molecule has 1 atom stereocenters. The number of nitrogens with zero attached hydrogens (tertiary/aromatic N) is 7. The smallest absolute Gasteiger partial charge is 0.253 e. The van der Waals surface area contributed by atoms with Gasteiger partial charge >= 0.3 is 0 Å². The zero-order valence-corrected chi connectivity index (χ0v) is 20.4. The summed E-state index contributed by atoms with van der Waals surface area (Å²) in [7, 11) is 0. The molecule has 1 aliphatic carbocycles. The van der Waals surface area contributed by atoms with E-state index in [0.29, 0.717) is 35.6 Å². The topological polar surface area (TPSA) is 120 Å². The van der Waals surface area contributed by atoms with E-state index in [2.05, 4.69) is 30.5 Å². The van der Waals surface area contributed by atoms with Crippen molar-refractivity contribution in [3.05, 3.63) is 84.5 Å². The number of amides is 1. The van der Waals surface area contributed by atoms with E-state index in [9.17, 15) is 4.79 Å². The normalized spacial score (nSPS) is 20.9. The minimum atomic E-state index is -0.144. The summed E-state index contributed by atoms with van der Waals surface area (Å²) in [4.78, 5) is 30.7. The molecule has 4 aromatic heterocycles. The van der Waals surface area contributed by atoms with Gasteiger partial charge in [-0.15, -0.1) is 10.2 Å². The highest BCUT2D eigenvalue weighted by molar-refractivity contribution is 6.07. The highest BCUT2D eigenvalue weighted by Gasteiger charge is 2.36. The first-order chi connectivity index (χ1) is 18.2. The van der Waals surface area contributed by atoms with E-state index in [4.69, 9.17) is 9.73 Å². The summed E-state index contributed by atoms with van der Waals surface area (Å²) in [6.45, 7) is 3.16.